The number of nitrogens with one attached hydrogen (secondary N) is 1. The zero-order chi connectivity index (χ0) is 22.6. The van der Waals surface area contributed by atoms with Crippen molar-refractivity contribution in [1.82, 2.24) is 19.3 Å². The van der Waals surface area contributed by atoms with Crippen LogP contribution in [0.1, 0.15) is 35.7 Å². The molecule has 3 aromatic rings. The van der Waals surface area contributed by atoms with Crippen LogP contribution in [0.25, 0.3) is 0 Å². The van der Waals surface area contributed by atoms with Gasteiger partial charge in [0, 0.05) is 43.4 Å². The van der Waals surface area contributed by atoms with Gasteiger partial charge in [0.15, 0.2) is 0 Å². The Bertz CT molecular complexity index is 1190. The SMILES string of the molecule is CCCS(=O)(=O)N1Cc2cc(C#N)ccc2N(Cc2cnc[nH]2)C[C@H]1Cc1cccnc1. The lowest BCUT2D eigenvalue weighted by Gasteiger charge is -2.32. The van der Waals surface area contributed by atoms with E-state index in [-0.39, 0.29) is 18.3 Å². The number of benzene rings is 1. The fourth-order valence-electron chi connectivity index (χ4n) is 4.22. The van der Waals surface area contributed by atoms with Crippen LogP contribution in [0.3, 0.4) is 0 Å². The fourth-order valence-corrected chi connectivity index (χ4v) is 5.90. The highest BCUT2D eigenvalue weighted by Crippen LogP contribution is 2.32. The number of nitrogens with zero attached hydrogens (tertiary/aromatic N) is 5. The summed E-state index contributed by atoms with van der Waals surface area (Å²) in [6, 6.07) is 11.2. The summed E-state index contributed by atoms with van der Waals surface area (Å²) in [5, 5.41) is 9.42. The minimum atomic E-state index is -3.49. The normalized spacial score (nSPS) is 16.9. The van der Waals surface area contributed by atoms with Gasteiger partial charge >= 0.3 is 0 Å². The third-order valence-electron chi connectivity index (χ3n) is 5.64. The van der Waals surface area contributed by atoms with E-state index in [9.17, 15) is 13.7 Å². The third kappa shape index (κ3) is 4.82. The molecule has 166 valence electrons. The van der Waals surface area contributed by atoms with Crippen LogP contribution in [-0.4, -0.2) is 46.0 Å². The number of hydrogen-bond acceptors (Lipinski definition) is 6. The number of pyridine rings is 1. The first-order valence-electron chi connectivity index (χ1n) is 10.6. The molecule has 0 radical (unpaired) electrons. The summed E-state index contributed by atoms with van der Waals surface area (Å²) in [5.41, 5.74) is 4.20. The molecular formula is C23H26N6O2S. The van der Waals surface area contributed by atoms with Gasteiger partial charge in [-0.2, -0.15) is 9.57 Å². The molecule has 0 aliphatic carbocycles. The number of aromatic nitrogens is 3. The molecule has 3 heterocycles. The first kappa shape index (κ1) is 22.0. The highest BCUT2D eigenvalue weighted by molar-refractivity contribution is 7.89. The van der Waals surface area contributed by atoms with Crippen LogP contribution in [0.5, 0.6) is 0 Å². The Hall–Kier alpha value is -3.22. The number of sulfonamides is 1. The molecule has 1 N–H and O–H groups in total. The second-order valence-corrected chi connectivity index (χ2v) is 10.0. The zero-order valence-electron chi connectivity index (χ0n) is 18.0. The molecule has 0 amide bonds. The fraction of sp³-hybridized carbons (Fsp3) is 0.348. The summed E-state index contributed by atoms with van der Waals surface area (Å²) in [5.74, 6) is 0.0877. The number of fused-ring (bicyclic) bond motifs is 1. The molecule has 9 heteroatoms. The van der Waals surface area contributed by atoms with E-state index < -0.39 is 10.0 Å². The van der Waals surface area contributed by atoms with Gasteiger partial charge in [0.2, 0.25) is 10.0 Å². The van der Waals surface area contributed by atoms with E-state index in [1.54, 1.807) is 41.4 Å². The molecule has 0 saturated carbocycles. The van der Waals surface area contributed by atoms with Crippen LogP contribution < -0.4 is 4.90 Å². The highest BCUT2D eigenvalue weighted by Gasteiger charge is 2.35. The number of nitriles is 1. The van der Waals surface area contributed by atoms with E-state index in [1.807, 2.05) is 25.1 Å². The maximum atomic E-state index is 13.3. The Labute approximate surface area is 188 Å². The molecule has 1 aromatic carbocycles. The van der Waals surface area contributed by atoms with Crippen LogP contribution >= 0.6 is 0 Å². The van der Waals surface area contributed by atoms with Gasteiger partial charge in [0.05, 0.1) is 36.0 Å². The topological polar surface area (TPSA) is 106 Å². The maximum Gasteiger partial charge on any atom is 0.214 e. The summed E-state index contributed by atoms with van der Waals surface area (Å²) in [7, 11) is -3.49. The molecular weight excluding hydrogens is 424 g/mol. The van der Waals surface area contributed by atoms with Crippen molar-refractivity contribution < 1.29 is 8.42 Å². The molecule has 1 atom stereocenters. The Balaban J connectivity index is 1.79. The van der Waals surface area contributed by atoms with Crippen molar-refractivity contribution in [2.75, 3.05) is 17.2 Å². The zero-order valence-corrected chi connectivity index (χ0v) is 18.8. The van der Waals surface area contributed by atoms with E-state index in [0.717, 1.165) is 22.5 Å². The van der Waals surface area contributed by atoms with E-state index >= 15 is 0 Å². The standard InChI is InChI=1S/C23H26N6O2S/c1-2-8-32(30,31)29-14-20-9-18(11-24)5-6-23(20)28(15-21-13-26-17-27-21)16-22(29)10-19-4-3-7-25-12-19/h3-7,9,12-13,17,22H,2,8,10,14-16H2,1H3,(H,26,27)/t22-/m1/s1. The van der Waals surface area contributed by atoms with E-state index in [2.05, 4.69) is 25.9 Å². The van der Waals surface area contributed by atoms with Crippen LogP contribution in [0.4, 0.5) is 5.69 Å². The molecule has 0 spiro atoms. The predicted molar refractivity (Wildman–Crippen MR) is 122 cm³/mol. The Morgan fingerprint density at radius 2 is 2.12 bits per heavy atom. The number of hydrogen-bond donors (Lipinski definition) is 1. The number of anilines is 1. The molecule has 2 aromatic heterocycles. The van der Waals surface area contributed by atoms with Crippen LogP contribution in [-0.2, 0) is 29.5 Å². The van der Waals surface area contributed by atoms with Gasteiger partial charge < -0.3 is 9.88 Å². The van der Waals surface area contributed by atoms with E-state index in [4.69, 9.17) is 0 Å². The third-order valence-corrected chi connectivity index (χ3v) is 7.71. The number of aromatic amines is 1. The summed E-state index contributed by atoms with van der Waals surface area (Å²) in [6.45, 7) is 3.18. The molecule has 0 fully saturated rings. The minimum absolute atomic E-state index is 0.0877. The minimum Gasteiger partial charge on any atom is -0.364 e. The molecule has 1 aliphatic heterocycles. The predicted octanol–water partition coefficient (Wildman–Crippen LogP) is 2.85. The Morgan fingerprint density at radius 1 is 1.25 bits per heavy atom. The summed E-state index contributed by atoms with van der Waals surface area (Å²) in [4.78, 5) is 13.6. The van der Waals surface area contributed by atoms with Crippen molar-refractivity contribution in [1.29, 1.82) is 5.26 Å². The lowest BCUT2D eigenvalue weighted by atomic mass is 10.1. The molecule has 32 heavy (non-hydrogen) atoms. The quantitative estimate of drug-likeness (QED) is 0.593. The first-order chi connectivity index (χ1) is 15.5. The van der Waals surface area contributed by atoms with E-state index in [1.165, 1.54) is 0 Å². The highest BCUT2D eigenvalue weighted by atomic mass is 32.2. The monoisotopic (exact) mass is 450 g/mol. The molecule has 0 saturated heterocycles. The van der Waals surface area contributed by atoms with Crippen molar-refractivity contribution in [3.63, 3.8) is 0 Å². The Morgan fingerprint density at radius 3 is 2.81 bits per heavy atom. The van der Waals surface area contributed by atoms with Gasteiger partial charge in [0.1, 0.15) is 0 Å². The molecule has 1 aliphatic rings. The number of rotatable bonds is 7. The second kappa shape index (κ2) is 9.51. The first-order valence-corrected chi connectivity index (χ1v) is 12.2. The van der Waals surface area contributed by atoms with Gasteiger partial charge in [-0.1, -0.05) is 13.0 Å². The second-order valence-electron chi connectivity index (χ2n) is 7.99. The van der Waals surface area contributed by atoms with Gasteiger partial charge in [-0.25, -0.2) is 13.4 Å². The number of imidazole rings is 1. The smallest absolute Gasteiger partial charge is 0.214 e. The van der Waals surface area contributed by atoms with Crippen molar-refractivity contribution in [3.05, 3.63) is 77.6 Å². The molecule has 8 nitrogen and oxygen atoms in total. The Kier molecular flexibility index (Phi) is 6.53. The van der Waals surface area contributed by atoms with Gasteiger partial charge in [-0.3, -0.25) is 4.98 Å². The molecule has 0 bridgehead atoms. The lowest BCUT2D eigenvalue weighted by molar-refractivity contribution is 0.317. The summed E-state index contributed by atoms with van der Waals surface area (Å²) in [6.07, 6.45) is 8.01. The van der Waals surface area contributed by atoms with Crippen molar-refractivity contribution in [2.24, 2.45) is 0 Å². The average Bonchev–Trinajstić information content (AvgIpc) is 3.24. The van der Waals surface area contributed by atoms with Crippen LogP contribution in [0.15, 0.2) is 55.2 Å². The van der Waals surface area contributed by atoms with Gasteiger partial charge in [0.25, 0.3) is 0 Å². The largest absolute Gasteiger partial charge is 0.364 e. The van der Waals surface area contributed by atoms with Gasteiger partial charge in [-0.05, 0) is 48.2 Å². The van der Waals surface area contributed by atoms with Crippen LogP contribution in [0.2, 0.25) is 0 Å². The summed E-state index contributed by atoms with van der Waals surface area (Å²) >= 11 is 0. The summed E-state index contributed by atoms with van der Waals surface area (Å²) < 4.78 is 28.3. The van der Waals surface area contributed by atoms with Crippen molar-refractivity contribution in [2.45, 2.75) is 38.9 Å². The van der Waals surface area contributed by atoms with Gasteiger partial charge in [-0.15, -0.1) is 0 Å². The average molecular weight is 451 g/mol. The maximum absolute atomic E-state index is 13.3. The number of H-pyrrole nitrogens is 1. The van der Waals surface area contributed by atoms with Crippen molar-refractivity contribution >= 4 is 15.7 Å². The lowest BCUT2D eigenvalue weighted by Crippen LogP contribution is -2.46. The van der Waals surface area contributed by atoms with Crippen molar-refractivity contribution in [3.8, 4) is 6.07 Å². The molecule has 4 rings (SSSR count). The molecule has 0 unspecified atom stereocenters. The van der Waals surface area contributed by atoms with Crippen LogP contribution in [0, 0.1) is 11.3 Å². The van der Waals surface area contributed by atoms with E-state index in [0.29, 0.717) is 31.5 Å².